The van der Waals surface area contributed by atoms with Crippen LogP contribution in [0, 0.1) is 20.8 Å². The first kappa shape index (κ1) is 15.6. The number of carbonyl (C=O) groups excluding carboxylic acids is 2. The maximum atomic E-state index is 12.7. The number of rotatable bonds is 2. The predicted molar refractivity (Wildman–Crippen MR) is 95.5 cm³/mol. The van der Waals surface area contributed by atoms with Crippen molar-refractivity contribution in [1.82, 2.24) is 0 Å². The number of hydrogen-bond donors (Lipinski definition) is 0. The van der Waals surface area contributed by atoms with Gasteiger partial charge in [-0.25, -0.2) is 4.90 Å². The van der Waals surface area contributed by atoms with Gasteiger partial charge in [0.25, 0.3) is 11.1 Å². The number of aryl methyl sites for hydroxylation is 3. The van der Waals surface area contributed by atoms with Gasteiger partial charge >= 0.3 is 0 Å². The number of anilines is 1. The summed E-state index contributed by atoms with van der Waals surface area (Å²) < 4.78 is 0. The Morgan fingerprint density at radius 1 is 0.957 bits per heavy atom. The van der Waals surface area contributed by atoms with E-state index < -0.39 is 0 Å². The van der Waals surface area contributed by atoms with Crippen LogP contribution in [0.1, 0.15) is 22.3 Å². The molecule has 1 heterocycles. The Labute approximate surface area is 140 Å². The highest BCUT2D eigenvalue weighted by Crippen LogP contribution is 2.37. The third-order valence-corrected chi connectivity index (χ3v) is 4.61. The van der Waals surface area contributed by atoms with Gasteiger partial charge in [-0.2, -0.15) is 0 Å². The maximum absolute atomic E-state index is 12.7. The van der Waals surface area contributed by atoms with Gasteiger partial charge in [0.15, 0.2) is 0 Å². The SMILES string of the molecule is Cc1cccc(/C=C2\SC(=O)N(c3cc(C)ccc3C)C2=O)c1. The molecule has 1 aliphatic heterocycles. The Balaban J connectivity index is 1.99. The fourth-order valence-corrected chi connectivity index (χ4v) is 3.38. The number of nitrogens with zero attached hydrogens (tertiary/aromatic N) is 1. The average molecular weight is 323 g/mol. The fraction of sp³-hybridized carbons (Fsp3) is 0.158. The third kappa shape index (κ3) is 3.08. The Morgan fingerprint density at radius 2 is 1.70 bits per heavy atom. The van der Waals surface area contributed by atoms with Crippen LogP contribution < -0.4 is 4.90 Å². The third-order valence-electron chi connectivity index (χ3n) is 3.74. The summed E-state index contributed by atoms with van der Waals surface area (Å²) in [5.41, 5.74) is 4.64. The van der Waals surface area contributed by atoms with Gasteiger partial charge in [-0.3, -0.25) is 9.59 Å². The smallest absolute Gasteiger partial charge is 0.268 e. The Kier molecular flexibility index (Phi) is 4.09. The normalized spacial score (nSPS) is 16.5. The zero-order chi connectivity index (χ0) is 16.6. The van der Waals surface area contributed by atoms with Gasteiger partial charge in [0.1, 0.15) is 0 Å². The van der Waals surface area contributed by atoms with Crippen LogP contribution >= 0.6 is 11.8 Å². The molecule has 0 aliphatic carbocycles. The average Bonchev–Trinajstić information content (AvgIpc) is 2.76. The summed E-state index contributed by atoms with van der Waals surface area (Å²) in [4.78, 5) is 26.8. The van der Waals surface area contributed by atoms with E-state index in [2.05, 4.69) is 0 Å². The fourth-order valence-electron chi connectivity index (χ4n) is 2.55. The second kappa shape index (κ2) is 6.05. The Morgan fingerprint density at radius 3 is 2.43 bits per heavy atom. The highest BCUT2D eigenvalue weighted by molar-refractivity contribution is 8.19. The summed E-state index contributed by atoms with van der Waals surface area (Å²) in [6.45, 7) is 5.85. The minimum absolute atomic E-state index is 0.248. The Bertz CT molecular complexity index is 839. The molecule has 0 N–H and O–H groups in total. The van der Waals surface area contributed by atoms with E-state index in [1.807, 2.05) is 63.2 Å². The van der Waals surface area contributed by atoms with Crippen molar-refractivity contribution in [2.24, 2.45) is 0 Å². The zero-order valence-corrected chi connectivity index (χ0v) is 14.1. The van der Waals surface area contributed by atoms with E-state index in [0.717, 1.165) is 34.0 Å². The van der Waals surface area contributed by atoms with Gasteiger partial charge in [0.05, 0.1) is 10.6 Å². The summed E-state index contributed by atoms with van der Waals surface area (Å²) in [7, 11) is 0. The molecule has 1 fully saturated rings. The molecule has 2 amide bonds. The summed E-state index contributed by atoms with van der Waals surface area (Å²) in [6.07, 6.45) is 1.78. The molecule has 2 aromatic rings. The number of benzene rings is 2. The lowest BCUT2D eigenvalue weighted by molar-refractivity contribution is -0.113. The lowest BCUT2D eigenvalue weighted by Crippen LogP contribution is -2.28. The highest BCUT2D eigenvalue weighted by Gasteiger charge is 2.36. The summed E-state index contributed by atoms with van der Waals surface area (Å²) in [5, 5.41) is -0.248. The van der Waals surface area contributed by atoms with Crippen LogP contribution in [0.25, 0.3) is 6.08 Å². The number of hydrogen-bond acceptors (Lipinski definition) is 3. The topological polar surface area (TPSA) is 37.4 Å². The minimum atomic E-state index is -0.254. The van der Waals surface area contributed by atoms with E-state index in [9.17, 15) is 9.59 Å². The molecule has 0 atom stereocenters. The summed E-state index contributed by atoms with van der Waals surface area (Å²) >= 11 is 0.990. The van der Waals surface area contributed by atoms with E-state index in [1.165, 1.54) is 4.90 Å². The van der Waals surface area contributed by atoms with Crippen LogP contribution in [0.4, 0.5) is 10.5 Å². The number of carbonyl (C=O) groups is 2. The van der Waals surface area contributed by atoms with Crippen LogP contribution in [0.3, 0.4) is 0 Å². The molecular formula is C19H17NO2S. The molecule has 0 saturated carbocycles. The molecular weight excluding hydrogens is 306 g/mol. The predicted octanol–water partition coefficient (Wildman–Crippen LogP) is 4.85. The van der Waals surface area contributed by atoms with Crippen molar-refractivity contribution in [2.45, 2.75) is 20.8 Å². The minimum Gasteiger partial charge on any atom is -0.268 e. The molecule has 1 saturated heterocycles. The first-order valence-corrected chi connectivity index (χ1v) is 8.19. The van der Waals surface area contributed by atoms with Crippen molar-refractivity contribution >= 4 is 34.7 Å². The Hall–Kier alpha value is -2.33. The van der Waals surface area contributed by atoms with Crippen LogP contribution in [-0.2, 0) is 4.79 Å². The van der Waals surface area contributed by atoms with Gasteiger partial charge in [-0.15, -0.1) is 0 Å². The molecule has 0 spiro atoms. The summed E-state index contributed by atoms with van der Waals surface area (Å²) in [6, 6.07) is 13.6. The van der Waals surface area contributed by atoms with Crippen LogP contribution in [0.5, 0.6) is 0 Å². The number of amides is 2. The van der Waals surface area contributed by atoms with Gasteiger partial charge in [0.2, 0.25) is 0 Å². The number of imide groups is 1. The molecule has 0 aromatic heterocycles. The summed E-state index contributed by atoms with van der Waals surface area (Å²) in [5.74, 6) is -0.254. The second-order valence-corrected chi connectivity index (χ2v) is 6.71. The van der Waals surface area contributed by atoms with Crippen molar-refractivity contribution in [1.29, 1.82) is 0 Å². The molecule has 2 aromatic carbocycles. The van der Waals surface area contributed by atoms with Crippen LogP contribution in [0.2, 0.25) is 0 Å². The van der Waals surface area contributed by atoms with Gasteiger partial charge < -0.3 is 0 Å². The molecule has 116 valence electrons. The molecule has 0 radical (unpaired) electrons. The van der Waals surface area contributed by atoms with Crippen molar-refractivity contribution in [2.75, 3.05) is 4.90 Å². The molecule has 3 nitrogen and oxygen atoms in total. The zero-order valence-electron chi connectivity index (χ0n) is 13.3. The molecule has 0 bridgehead atoms. The van der Waals surface area contributed by atoms with E-state index in [4.69, 9.17) is 0 Å². The maximum Gasteiger partial charge on any atom is 0.298 e. The second-order valence-electron chi connectivity index (χ2n) is 5.72. The molecule has 1 aliphatic rings. The van der Waals surface area contributed by atoms with Crippen LogP contribution in [0.15, 0.2) is 47.4 Å². The standard InChI is InChI=1S/C19H17NO2S/c1-12-5-4-6-15(9-12)11-17-18(21)20(19(22)23-17)16-10-13(2)7-8-14(16)3/h4-11H,1-3H3/b17-11-. The van der Waals surface area contributed by atoms with Crippen molar-refractivity contribution in [3.05, 3.63) is 69.6 Å². The van der Waals surface area contributed by atoms with Crippen molar-refractivity contribution in [3.63, 3.8) is 0 Å². The van der Waals surface area contributed by atoms with E-state index in [1.54, 1.807) is 6.08 Å². The lowest BCUT2D eigenvalue weighted by atomic mass is 10.1. The van der Waals surface area contributed by atoms with E-state index in [-0.39, 0.29) is 11.1 Å². The largest absolute Gasteiger partial charge is 0.298 e. The molecule has 3 rings (SSSR count). The van der Waals surface area contributed by atoms with E-state index in [0.29, 0.717) is 10.6 Å². The number of thioether (sulfide) groups is 1. The van der Waals surface area contributed by atoms with E-state index >= 15 is 0 Å². The van der Waals surface area contributed by atoms with Crippen LogP contribution in [-0.4, -0.2) is 11.1 Å². The molecule has 4 heteroatoms. The quantitative estimate of drug-likeness (QED) is 0.741. The van der Waals surface area contributed by atoms with Gasteiger partial charge in [-0.05, 0) is 61.4 Å². The molecule has 0 unspecified atom stereocenters. The monoisotopic (exact) mass is 323 g/mol. The van der Waals surface area contributed by atoms with Crippen molar-refractivity contribution in [3.8, 4) is 0 Å². The highest BCUT2D eigenvalue weighted by atomic mass is 32.2. The van der Waals surface area contributed by atoms with Gasteiger partial charge in [0, 0.05) is 0 Å². The first-order chi connectivity index (χ1) is 11.0. The van der Waals surface area contributed by atoms with Gasteiger partial charge in [-0.1, -0.05) is 42.0 Å². The molecule has 23 heavy (non-hydrogen) atoms. The first-order valence-electron chi connectivity index (χ1n) is 7.37. The lowest BCUT2D eigenvalue weighted by Gasteiger charge is -2.16. The van der Waals surface area contributed by atoms with Crippen molar-refractivity contribution < 1.29 is 9.59 Å².